The van der Waals surface area contributed by atoms with E-state index in [2.05, 4.69) is 5.32 Å². The highest BCUT2D eigenvalue weighted by molar-refractivity contribution is 6.39. The summed E-state index contributed by atoms with van der Waals surface area (Å²) in [5.41, 5.74) is 0.852. The molecule has 28 heavy (non-hydrogen) atoms. The Morgan fingerprint density at radius 2 is 1.71 bits per heavy atom. The van der Waals surface area contributed by atoms with E-state index in [4.69, 9.17) is 9.47 Å². The summed E-state index contributed by atoms with van der Waals surface area (Å²) in [6.45, 7) is 1.55. The van der Waals surface area contributed by atoms with Gasteiger partial charge in [0.15, 0.2) is 0 Å². The third kappa shape index (κ3) is 4.16. The topological polar surface area (TPSA) is 71.1 Å². The average molecular weight is 387 g/mol. The number of halogens is 1. The minimum Gasteiger partial charge on any atom is -0.497 e. The largest absolute Gasteiger partial charge is 0.497 e. The zero-order valence-corrected chi connectivity index (χ0v) is 15.8. The third-order valence-electron chi connectivity index (χ3n) is 4.61. The molecule has 1 aliphatic heterocycles. The number of amides is 2. The van der Waals surface area contributed by atoms with E-state index in [9.17, 15) is 14.0 Å². The molecule has 1 heterocycles. The van der Waals surface area contributed by atoms with Crippen LogP contribution in [0.15, 0.2) is 42.5 Å². The molecule has 1 N–H and O–H groups in total. The van der Waals surface area contributed by atoms with Crippen molar-refractivity contribution in [2.45, 2.75) is 0 Å². The molecule has 0 aliphatic carbocycles. The van der Waals surface area contributed by atoms with Crippen molar-refractivity contribution in [2.24, 2.45) is 0 Å². The Hall–Kier alpha value is -3.29. The van der Waals surface area contributed by atoms with E-state index in [1.807, 2.05) is 4.90 Å². The lowest BCUT2D eigenvalue weighted by Crippen LogP contribution is -2.51. The van der Waals surface area contributed by atoms with Crippen molar-refractivity contribution < 1.29 is 23.5 Å². The van der Waals surface area contributed by atoms with Crippen LogP contribution in [0.25, 0.3) is 0 Å². The molecule has 1 saturated heterocycles. The molecule has 2 amide bonds. The monoisotopic (exact) mass is 387 g/mol. The number of piperazine rings is 1. The summed E-state index contributed by atoms with van der Waals surface area (Å²) in [6, 6.07) is 11.4. The fraction of sp³-hybridized carbons (Fsp3) is 0.300. The van der Waals surface area contributed by atoms with Crippen molar-refractivity contribution in [2.75, 3.05) is 50.6 Å². The van der Waals surface area contributed by atoms with E-state index < -0.39 is 11.8 Å². The number of hydrogen-bond donors (Lipinski definition) is 1. The van der Waals surface area contributed by atoms with Crippen LogP contribution < -0.4 is 19.7 Å². The number of para-hydroxylation sites is 1. The van der Waals surface area contributed by atoms with Gasteiger partial charge in [-0.15, -0.1) is 0 Å². The van der Waals surface area contributed by atoms with Crippen LogP contribution in [0.4, 0.5) is 15.8 Å². The summed E-state index contributed by atoms with van der Waals surface area (Å²) in [7, 11) is 2.98. The summed E-state index contributed by atoms with van der Waals surface area (Å²) in [6.07, 6.45) is 0. The van der Waals surface area contributed by atoms with Crippen LogP contribution in [-0.2, 0) is 9.59 Å². The zero-order chi connectivity index (χ0) is 20.1. The molecular formula is C20H22FN3O4. The predicted octanol–water partition coefficient (Wildman–Crippen LogP) is 2.13. The van der Waals surface area contributed by atoms with Crippen molar-refractivity contribution in [3.63, 3.8) is 0 Å². The van der Waals surface area contributed by atoms with Crippen LogP contribution in [0.2, 0.25) is 0 Å². The molecule has 1 aliphatic rings. The highest BCUT2D eigenvalue weighted by atomic mass is 19.1. The van der Waals surface area contributed by atoms with Gasteiger partial charge in [-0.25, -0.2) is 4.39 Å². The zero-order valence-electron chi connectivity index (χ0n) is 15.8. The van der Waals surface area contributed by atoms with Crippen molar-refractivity contribution in [1.29, 1.82) is 0 Å². The van der Waals surface area contributed by atoms with Gasteiger partial charge in [0.1, 0.15) is 17.3 Å². The Balaban J connectivity index is 1.62. The predicted molar refractivity (Wildman–Crippen MR) is 103 cm³/mol. The number of ether oxygens (including phenoxy) is 2. The lowest BCUT2D eigenvalue weighted by Gasteiger charge is -2.35. The van der Waals surface area contributed by atoms with Gasteiger partial charge in [0.2, 0.25) is 0 Å². The lowest BCUT2D eigenvalue weighted by molar-refractivity contribution is -0.143. The number of anilines is 2. The maximum absolute atomic E-state index is 13.9. The number of methoxy groups -OCH3 is 2. The fourth-order valence-electron chi connectivity index (χ4n) is 3.09. The second-order valence-corrected chi connectivity index (χ2v) is 6.25. The molecule has 0 spiro atoms. The summed E-state index contributed by atoms with van der Waals surface area (Å²) in [5.74, 6) is -0.748. The standard InChI is InChI=1S/C20H22FN3O4/c1-27-14-7-8-18(28-2)16(13-14)22-19(25)20(26)24-11-9-23(10-12-24)17-6-4-3-5-15(17)21/h3-8,13H,9-12H2,1-2H3,(H,22,25). The van der Waals surface area contributed by atoms with Crippen LogP contribution in [-0.4, -0.2) is 57.1 Å². The minimum absolute atomic E-state index is 0.301. The number of nitrogens with one attached hydrogen (secondary N) is 1. The molecule has 7 nitrogen and oxygen atoms in total. The minimum atomic E-state index is -0.758. The van der Waals surface area contributed by atoms with Gasteiger partial charge in [-0.05, 0) is 24.3 Å². The Morgan fingerprint density at radius 1 is 1.00 bits per heavy atom. The third-order valence-corrected chi connectivity index (χ3v) is 4.61. The first kappa shape index (κ1) is 19.5. The van der Waals surface area contributed by atoms with E-state index in [0.29, 0.717) is 49.1 Å². The Kier molecular flexibility index (Phi) is 5.98. The molecule has 0 atom stereocenters. The van der Waals surface area contributed by atoms with Crippen LogP contribution in [0.5, 0.6) is 11.5 Å². The van der Waals surface area contributed by atoms with Gasteiger partial charge in [-0.2, -0.15) is 0 Å². The quantitative estimate of drug-likeness (QED) is 0.814. The maximum Gasteiger partial charge on any atom is 0.314 e. The van der Waals surface area contributed by atoms with Gasteiger partial charge in [0, 0.05) is 32.2 Å². The molecule has 0 saturated carbocycles. The molecule has 148 valence electrons. The molecule has 1 fully saturated rings. The molecule has 2 aromatic rings. The van der Waals surface area contributed by atoms with E-state index in [0.717, 1.165) is 0 Å². The molecule has 0 unspecified atom stereocenters. The lowest BCUT2D eigenvalue weighted by atomic mass is 10.2. The van der Waals surface area contributed by atoms with Crippen LogP contribution in [0.1, 0.15) is 0 Å². The normalized spacial score (nSPS) is 13.8. The van der Waals surface area contributed by atoms with E-state index in [1.165, 1.54) is 25.2 Å². The first-order valence-electron chi connectivity index (χ1n) is 8.85. The molecule has 0 aromatic heterocycles. The van der Waals surface area contributed by atoms with Gasteiger partial charge < -0.3 is 24.6 Å². The van der Waals surface area contributed by atoms with Gasteiger partial charge in [-0.3, -0.25) is 9.59 Å². The molecule has 0 bridgehead atoms. The number of carbonyl (C=O) groups is 2. The van der Waals surface area contributed by atoms with Crippen LogP contribution >= 0.6 is 0 Å². The second-order valence-electron chi connectivity index (χ2n) is 6.25. The second kappa shape index (κ2) is 8.60. The molecule has 0 radical (unpaired) electrons. The van der Waals surface area contributed by atoms with Gasteiger partial charge in [0.25, 0.3) is 0 Å². The van der Waals surface area contributed by atoms with Crippen LogP contribution in [0, 0.1) is 5.82 Å². The number of benzene rings is 2. The number of hydrogen-bond acceptors (Lipinski definition) is 5. The molecular weight excluding hydrogens is 365 g/mol. The van der Waals surface area contributed by atoms with Crippen molar-refractivity contribution in [3.05, 3.63) is 48.3 Å². The van der Waals surface area contributed by atoms with E-state index in [-0.39, 0.29) is 5.82 Å². The van der Waals surface area contributed by atoms with Gasteiger partial charge in [-0.1, -0.05) is 12.1 Å². The Bertz CT molecular complexity index is 866. The summed E-state index contributed by atoms with van der Waals surface area (Å²) >= 11 is 0. The first-order chi connectivity index (χ1) is 13.5. The van der Waals surface area contributed by atoms with E-state index >= 15 is 0 Å². The SMILES string of the molecule is COc1ccc(OC)c(NC(=O)C(=O)N2CCN(c3ccccc3F)CC2)c1. The molecule has 3 rings (SSSR count). The number of carbonyl (C=O) groups excluding carboxylic acids is 2. The van der Waals surface area contributed by atoms with E-state index in [1.54, 1.807) is 36.4 Å². The summed E-state index contributed by atoms with van der Waals surface area (Å²) in [4.78, 5) is 28.2. The van der Waals surface area contributed by atoms with Crippen molar-refractivity contribution in [3.8, 4) is 11.5 Å². The number of rotatable bonds is 4. The Morgan fingerprint density at radius 3 is 2.36 bits per heavy atom. The summed E-state index contributed by atoms with van der Waals surface area (Å²) in [5, 5.41) is 2.58. The smallest absolute Gasteiger partial charge is 0.314 e. The summed E-state index contributed by atoms with van der Waals surface area (Å²) < 4.78 is 24.3. The Labute approximate surface area is 162 Å². The fourth-order valence-corrected chi connectivity index (χ4v) is 3.09. The van der Waals surface area contributed by atoms with Crippen molar-refractivity contribution in [1.82, 2.24) is 4.90 Å². The van der Waals surface area contributed by atoms with Crippen molar-refractivity contribution >= 4 is 23.2 Å². The molecule has 8 heteroatoms. The highest BCUT2D eigenvalue weighted by Crippen LogP contribution is 2.29. The number of nitrogens with zero attached hydrogens (tertiary/aromatic N) is 2. The van der Waals surface area contributed by atoms with Gasteiger partial charge >= 0.3 is 11.8 Å². The first-order valence-corrected chi connectivity index (χ1v) is 8.85. The maximum atomic E-state index is 13.9. The highest BCUT2D eigenvalue weighted by Gasteiger charge is 2.27. The van der Waals surface area contributed by atoms with Gasteiger partial charge in [0.05, 0.1) is 25.6 Å². The molecule has 2 aromatic carbocycles. The average Bonchev–Trinajstić information content (AvgIpc) is 2.73. The van der Waals surface area contributed by atoms with Crippen LogP contribution in [0.3, 0.4) is 0 Å².